The second kappa shape index (κ2) is 43.7. The molecule has 0 amide bonds. The summed E-state index contributed by atoms with van der Waals surface area (Å²) in [7, 11) is -5.31. The third kappa shape index (κ3) is 23.4. The molecule has 0 aliphatic carbocycles. The Morgan fingerprint density at radius 2 is 0.971 bits per heavy atom. The van der Waals surface area contributed by atoms with Gasteiger partial charge in [-0.1, -0.05) is 68.3 Å². The number of aromatic nitrogens is 12. The van der Waals surface area contributed by atoms with E-state index >= 15 is 0 Å². The van der Waals surface area contributed by atoms with Crippen LogP contribution in [0.4, 0.5) is 26.6 Å². The number of hydrogen-bond donors (Lipinski definition) is 1. The number of anilines is 3. The molecule has 28 nitrogen and oxygen atoms in total. The summed E-state index contributed by atoms with van der Waals surface area (Å²) in [5.74, 6) is 5.67. The van der Waals surface area contributed by atoms with E-state index in [1.165, 1.54) is 11.1 Å². The zero-order chi connectivity index (χ0) is 73.3. The normalized spacial score (nSPS) is 15.9. The minimum atomic E-state index is -3.31. The van der Waals surface area contributed by atoms with Crippen LogP contribution in [0, 0.1) is 11.3 Å². The van der Waals surface area contributed by atoms with Gasteiger partial charge in [-0.3, -0.25) is 45.8 Å². The Kier molecular flexibility index (Phi) is 35.1. The fourth-order valence-corrected chi connectivity index (χ4v) is 13.6. The maximum Gasteiger partial charge on any atom is 1.00 e. The van der Waals surface area contributed by atoms with Gasteiger partial charge in [-0.05, 0) is 130 Å². The molecule has 35 heteroatoms. The van der Waals surface area contributed by atoms with Crippen molar-refractivity contribution in [3.8, 4) is 6.07 Å². The van der Waals surface area contributed by atoms with Crippen molar-refractivity contribution in [2.45, 2.75) is 114 Å². The molecule has 12 heterocycles. The quantitative estimate of drug-likeness (QED) is 0.0696. The van der Waals surface area contributed by atoms with Gasteiger partial charge in [-0.2, -0.15) is 13.7 Å². The predicted octanol–water partition coefficient (Wildman–Crippen LogP) is 1.40. The van der Waals surface area contributed by atoms with E-state index in [0.29, 0.717) is 59.4 Å². The number of benzene rings is 3. The molecular formula is C68H84Br2Cs2F2N16O12S. The summed E-state index contributed by atoms with van der Waals surface area (Å²) in [6.07, 6.45) is 16.8. The molecule has 3 saturated heterocycles. The van der Waals surface area contributed by atoms with Crippen LogP contribution >= 0.6 is 31.9 Å². The fraction of sp³-hybridized carbons (Fsp3) is 0.485. The summed E-state index contributed by atoms with van der Waals surface area (Å²) in [6.45, 7) is 10.8. The molecule has 103 heavy (non-hydrogen) atoms. The number of nitrogens with zero attached hydrogens (tertiary/aromatic N) is 15. The molecule has 6 aromatic heterocycles. The van der Waals surface area contributed by atoms with Gasteiger partial charge in [0, 0.05) is 119 Å². The third-order valence-corrected chi connectivity index (χ3v) is 19.4. The van der Waals surface area contributed by atoms with Crippen molar-refractivity contribution in [3.63, 3.8) is 0 Å². The fourth-order valence-electron chi connectivity index (χ4n) is 12.7. The van der Waals surface area contributed by atoms with Crippen LogP contribution in [0.3, 0.4) is 0 Å². The molecule has 0 radical (unpaired) electrons. The molecule has 0 spiro atoms. The van der Waals surface area contributed by atoms with E-state index < -0.39 is 24.4 Å². The first-order valence-electron chi connectivity index (χ1n) is 34.6. The Morgan fingerprint density at radius 1 is 0.612 bits per heavy atom. The molecule has 544 valence electrons. The number of nitriles is 1. The van der Waals surface area contributed by atoms with Gasteiger partial charge in [0.15, 0.2) is 16.6 Å². The molecule has 0 atom stereocenters. The van der Waals surface area contributed by atoms with Crippen LogP contribution in [0.25, 0.3) is 16.6 Å². The van der Waals surface area contributed by atoms with Crippen molar-refractivity contribution in [3.05, 3.63) is 171 Å². The van der Waals surface area contributed by atoms with Crippen molar-refractivity contribution in [1.82, 2.24) is 57.5 Å². The van der Waals surface area contributed by atoms with Crippen LogP contribution in [0.5, 0.6) is 0 Å². The van der Waals surface area contributed by atoms with Crippen LogP contribution in [0.2, 0.25) is 0 Å². The Hall–Kier alpha value is -4.26. The van der Waals surface area contributed by atoms with Crippen LogP contribution in [0.15, 0.2) is 115 Å². The van der Waals surface area contributed by atoms with E-state index in [4.69, 9.17) is 42.5 Å². The van der Waals surface area contributed by atoms with Gasteiger partial charge >= 0.3 is 138 Å². The second-order valence-electron chi connectivity index (χ2n) is 24.2. The summed E-state index contributed by atoms with van der Waals surface area (Å²) in [6, 6.07) is 25.9. The zero-order valence-electron chi connectivity index (χ0n) is 61.0. The molecule has 0 saturated carbocycles. The molecule has 15 rings (SSSR count). The SMILES string of the molecule is CS(=O)(=O)OCCc1ccc(Br)cc1.N#Cc1ccc(CCN2CCCn3c2nn2c(C4CCOCC4)ncc2c3=O)cc1.O=CO[O-].O=c1c2cnc(C3CCOCC3)n2nc2n1CCCN2.O=c1c2cnc(C3CCOCC3)n2nc2n1CCCN2CCc1ccc(Br)cc1.[2H]CF.[2H]CF.[Cs+].[Cs+].[H-]. The topological polar surface area (TPSA) is 319 Å². The van der Waals surface area contributed by atoms with Gasteiger partial charge in [0.2, 0.25) is 17.8 Å². The van der Waals surface area contributed by atoms with Crippen molar-refractivity contribution < 1.29 is 192 Å². The number of hydrogen-bond acceptors (Lipinski definition) is 22. The Bertz CT molecular complexity index is 4570. The van der Waals surface area contributed by atoms with Gasteiger partial charge in [0.1, 0.15) is 17.5 Å². The number of imidazole rings is 3. The van der Waals surface area contributed by atoms with Gasteiger partial charge in [-0.25, -0.2) is 28.5 Å². The van der Waals surface area contributed by atoms with E-state index in [0.717, 1.165) is 200 Å². The maximum atomic E-state index is 13.1. The largest absolute Gasteiger partial charge is 1.00 e. The minimum absolute atomic E-state index is 0. The molecule has 0 bridgehead atoms. The average Bonchev–Trinajstić information content (AvgIpc) is 1.51. The van der Waals surface area contributed by atoms with Crippen LogP contribution in [-0.4, -0.2) is 172 Å². The van der Waals surface area contributed by atoms with E-state index in [1.54, 1.807) is 41.3 Å². The molecule has 0 unspecified atom stereocenters. The van der Waals surface area contributed by atoms with Crippen LogP contribution in [-0.2, 0) is 77.1 Å². The average molecular weight is 1820 g/mol. The summed E-state index contributed by atoms with van der Waals surface area (Å²) in [5.41, 5.74) is 5.84. The first-order chi connectivity index (χ1) is 50.0. The number of halogens is 4. The molecule has 6 aliphatic heterocycles. The molecule has 9 aromatic rings. The van der Waals surface area contributed by atoms with Crippen LogP contribution in [0.1, 0.15) is 119 Å². The van der Waals surface area contributed by atoms with E-state index in [-0.39, 0.29) is 175 Å². The number of rotatable bonds is 14. The smallest absolute Gasteiger partial charge is 1.00 e. The first-order valence-corrected chi connectivity index (χ1v) is 36.6. The summed E-state index contributed by atoms with van der Waals surface area (Å²) in [4.78, 5) is 68.0. The van der Waals surface area contributed by atoms with E-state index in [9.17, 15) is 31.6 Å². The number of ether oxygens (including phenoxy) is 3. The van der Waals surface area contributed by atoms with E-state index in [2.05, 4.69) is 106 Å². The maximum absolute atomic E-state index is 13.1. The standard InChI is InChI=1S/C22H24N6O2.C21H24BrN5O2.C13H17N5O2.C9H11BrO3S.2CH3F.CH2O3.2Cs.H/c23-14-17-4-2-16(3-5-17)6-11-26-9-1-10-27-21(29)19-15-24-20(28(19)25-22(26)27)18-7-12-30-13-8-18;22-17-4-2-15(3-5-17)6-11-25-9-1-10-26-20(28)18-14-23-19(27(18)24-21(25)26)16-7-12-29-13-8-16;19-12-10-8-15-11(9-2-6-20-7-3-9)18(10)16-13-14-4-1-5-17(12)13;1-14(11,12)13-7-6-8-2-4-9(10)5-3-8;2*1-2;2-1-4-3;;;/h2-5,15,18H,1,6-13H2;2-5,14,16H,1,6-13H2;8-9H,1-7H2,(H,14,16);2-5H,6-7H2,1H3;2*1H3;1,3H;;;/q;;;;;;;2*+1;-1/p-1/i;;;;2*1D;;;;. The molecule has 3 aromatic carbocycles. The van der Waals surface area contributed by atoms with Crippen molar-refractivity contribution in [2.75, 3.05) is 115 Å². The Morgan fingerprint density at radius 3 is 1.35 bits per heavy atom. The van der Waals surface area contributed by atoms with Gasteiger partial charge in [-0.15, -0.1) is 15.3 Å². The number of fused-ring (bicyclic) bond motifs is 6. The van der Waals surface area contributed by atoms with E-state index in [1.807, 2.05) is 53.1 Å². The van der Waals surface area contributed by atoms with Crippen molar-refractivity contribution >= 4 is 82.8 Å². The Labute approximate surface area is 734 Å². The molecule has 6 aliphatic rings. The first kappa shape index (κ1) is 82.8. The molecule has 3 fully saturated rings. The van der Waals surface area contributed by atoms with Gasteiger partial charge < -0.3 is 40.9 Å². The Balaban J connectivity index is 0.000000216. The third-order valence-electron chi connectivity index (χ3n) is 17.8. The number of nitrogens with one attached hydrogen (secondary N) is 1. The minimum Gasteiger partial charge on any atom is -1.00 e. The monoisotopic (exact) mass is 1810 g/mol. The van der Waals surface area contributed by atoms with Crippen LogP contribution < -0.4 is 175 Å². The summed E-state index contributed by atoms with van der Waals surface area (Å²) in [5, 5.41) is 35.0. The molecule has 1 N–H and O–H groups in total. The van der Waals surface area contributed by atoms with Crippen molar-refractivity contribution in [1.29, 1.82) is 5.26 Å². The number of alkyl halides is 2. The number of carbonyl (C=O) groups excluding carboxylic acids is 1. The summed E-state index contributed by atoms with van der Waals surface area (Å²) >= 11 is 6.80. The summed E-state index contributed by atoms with van der Waals surface area (Å²) < 4.78 is 86.0. The predicted molar refractivity (Wildman–Crippen MR) is 381 cm³/mol. The zero-order valence-corrected chi connectivity index (χ0v) is 74.6. The molecular weight excluding hydrogens is 1730 g/mol. The van der Waals surface area contributed by atoms with Gasteiger partial charge in [0.25, 0.3) is 33.3 Å². The van der Waals surface area contributed by atoms with Gasteiger partial charge in [0.05, 0.1) is 60.1 Å². The second-order valence-corrected chi connectivity index (χ2v) is 27.7. The van der Waals surface area contributed by atoms with Crippen molar-refractivity contribution in [2.24, 2.45) is 0 Å². The number of carbonyl (C=O) groups is 1.